The third kappa shape index (κ3) is 5.82. The molecule has 0 spiro atoms. The maximum Gasteiger partial charge on any atom is 0.240 e. The van der Waals surface area contributed by atoms with Gasteiger partial charge in [-0.3, -0.25) is 4.79 Å². The molecule has 1 unspecified atom stereocenters. The zero-order chi connectivity index (χ0) is 15.9. The summed E-state index contributed by atoms with van der Waals surface area (Å²) in [5.74, 6) is -0.0102. The first kappa shape index (κ1) is 17.6. The molecule has 0 bridgehead atoms. The van der Waals surface area contributed by atoms with Crippen LogP contribution in [-0.2, 0) is 21.2 Å². The fourth-order valence-corrected chi connectivity index (χ4v) is 2.40. The number of likely N-dealkylation sites (N-methyl/N-ethyl adjacent to an activating group) is 1. The Labute approximate surface area is 126 Å². The third-order valence-corrected chi connectivity index (χ3v) is 4.67. The highest BCUT2D eigenvalue weighted by molar-refractivity contribution is 7.89. The molecule has 0 aromatic heterocycles. The van der Waals surface area contributed by atoms with Crippen LogP contribution >= 0.6 is 0 Å². The Bertz CT molecular complexity index is 555. The van der Waals surface area contributed by atoms with E-state index in [4.69, 9.17) is 0 Å². The molecule has 0 aliphatic rings. The molecule has 0 fully saturated rings. The monoisotopic (exact) mass is 313 g/mol. The van der Waals surface area contributed by atoms with Crippen molar-refractivity contribution in [2.75, 3.05) is 20.6 Å². The van der Waals surface area contributed by atoms with Gasteiger partial charge in [0.15, 0.2) is 0 Å². The normalized spacial score (nSPS) is 12.9. The van der Waals surface area contributed by atoms with E-state index >= 15 is 0 Å². The van der Waals surface area contributed by atoms with Crippen LogP contribution in [0.2, 0.25) is 0 Å². The number of sulfonamides is 1. The van der Waals surface area contributed by atoms with Crippen molar-refractivity contribution in [1.82, 2.24) is 15.4 Å². The predicted octanol–water partition coefficient (Wildman–Crippen LogP) is 0.251. The van der Waals surface area contributed by atoms with Crippen LogP contribution in [0.25, 0.3) is 0 Å². The highest BCUT2D eigenvalue weighted by Crippen LogP contribution is 2.11. The molecule has 0 aliphatic carbocycles. The molecule has 1 atom stereocenters. The van der Waals surface area contributed by atoms with E-state index in [2.05, 4.69) is 15.4 Å². The lowest BCUT2D eigenvalue weighted by atomic mass is 10.1. The van der Waals surface area contributed by atoms with E-state index in [1.54, 1.807) is 24.3 Å². The average molecular weight is 313 g/mol. The molecule has 3 N–H and O–H groups in total. The Balaban J connectivity index is 2.48. The fraction of sp³-hybridized carbons (Fsp3) is 0.500. The number of hydrogen-bond acceptors (Lipinski definition) is 4. The lowest BCUT2D eigenvalue weighted by Gasteiger charge is -2.11. The van der Waals surface area contributed by atoms with Gasteiger partial charge in [0.05, 0.1) is 4.90 Å². The first-order valence-corrected chi connectivity index (χ1v) is 8.34. The molecule has 21 heavy (non-hydrogen) atoms. The summed E-state index contributed by atoms with van der Waals surface area (Å²) in [4.78, 5) is 11.9. The minimum atomic E-state index is -3.40. The Kier molecular flexibility index (Phi) is 6.80. The van der Waals surface area contributed by atoms with Gasteiger partial charge in [-0.1, -0.05) is 12.1 Å². The van der Waals surface area contributed by atoms with Gasteiger partial charge in [-0.05, 0) is 45.1 Å². The zero-order valence-corrected chi connectivity index (χ0v) is 13.5. The molecule has 0 saturated carbocycles. The molecular formula is C14H23N3O3S. The molecular weight excluding hydrogens is 290 g/mol. The Morgan fingerprint density at radius 3 is 2.33 bits per heavy atom. The number of aryl methyl sites for hydroxylation is 1. The lowest BCUT2D eigenvalue weighted by Crippen LogP contribution is -2.37. The topological polar surface area (TPSA) is 87.3 Å². The number of benzene rings is 1. The van der Waals surface area contributed by atoms with Crippen molar-refractivity contribution in [3.8, 4) is 0 Å². The predicted molar refractivity (Wildman–Crippen MR) is 82.5 cm³/mol. The van der Waals surface area contributed by atoms with Crippen molar-refractivity contribution in [2.45, 2.75) is 30.7 Å². The van der Waals surface area contributed by atoms with Gasteiger partial charge in [0.1, 0.15) is 0 Å². The van der Waals surface area contributed by atoms with E-state index in [9.17, 15) is 13.2 Å². The second-order valence-electron chi connectivity index (χ2n) is 4.85. The van der Waals surface area contributed by atoms with Crippen molar-refractivity contribution in [2.24, 2.45) is 0 Å². The van der Waals surface area contributed by atoms with E-state index in [1.807, 2.05) is 14.0 Å². The summed E-state index contributed by atoms with van der Waals surface area (Å²) >= 11 is 0. The summed E-state index contributed by atoms with van der Waals surface area (Å²) in [6.07, 6.45) is 0.966. The first-order valence-electron chi connectivity index (χ1n) is 6.85. The molecule has 118 valence electrons. The quantitative estimate of drug-likeness (QED) is 0.642. The molecule has 0 radical (unpaired) electrons. The summed E-state index contributed by atoms with van der Waals surface area (Å²) in [6, 6.07) is 6.78. The van der Waals surface area contributed by atoms with Crippen LogP contribution in [0.15, 0.2) is 29.2 Å². The molecule has 6 nitrogen and oxygen atoms in total. The van der Waals surface area contributed by atoms with Crippen molar-refractivity contribution >= 4 is 15.9 Å². The largest absolute Gasteiger partial charge is 0.355 e. The lowest BCUT2D eigenvalue weighted by molar-refractivity contribution is -0.121. The van der Waals surface area contributed by atoms with Gasteiger partial charge in [0.25, 0.3) is 0 Å². The van der Waals surface area contributed by atoms with Crippen LogP contribution in [0.4, 0.5) is 0 Å². The number of carbonyl (C=O) groups excluding carboxylic acids is 1. The van der Waals surface area contributed by atoms with Gasteiger partial charge < -0.3 is 10.6 Å². The minimum absolute atomic E-state index is 0.0102. The second kappa shape index (κ2) is 8.11. The zero-order valence-electron chi connectivity index (χ0n) is 12.6. The van der Waals surface area contributed by atoms with Crippen molar-refractivity contribution in [1.29, 1.82) is 0 Å². The SMILES string of the molecule is CNC(C)CNC(=O)CCc1ccc(S(=O)(=O)NC)cc1. The number of amides is 1. The van der Waals surface area contributed by atoms with Gasteiger partial charge in [-0.2, -0.15) is 0 Å². The van der Waals surface area contributed by atoms with Crippen LogP contribution in [0, 0.1) is 0 Å². The van der Waals surface area contributed by atoms with Gasteiger partial charge in [-0.25, -0.2) is 13.1 Å². The van der Waals surface area contributed by atoms with Crippen molar-refractivity contribution in [3.63, 3.8) is 0 Å². The smallest absolute Gasteiger partial charge is 0.240 e. The first-order chi connectivity index (χ1) is 9.89. The number of carbonyl (C=O) groups is 1. The van der Waals surface area contributed by atoms with Crippen LogP contribution < -0.4 is 15.4 Å². The second-order valence-corrected chi connectivity index (χ2v) is 6.73. The molecule has 1 aromatic rings. The number of rotatable bonds is 8. The van der Waals surface area contributed by atoms with Crippen molar-refractivity contribution < 1.29 is 13.2 Å². The van der Waals surface area contributed by atoms with Crippen LogP contribution in [-0.4, -0.2) is 41.0 Å². The van der Waals surface area contributed by atoms with E-state index in [0.717, 1.165) is 5.56 Å². The molecule has 7 heteroatoms. The number of nitrogens with one attached hydrogen (secondary N) is 3. The number of hydrogen-bond donors (Lipinski definition) is 3. The van der Waals surface area contributed by atoms with E-state index in [-0.39, 0.29) is 16.8 Å². The summed E-state index contributed by atoms with van der Waals surface area (Å²) in [5, 5.41) is 5.88. The summed E-state index contributed by atoms with van der Waals surface area (Å²) in [5.41, 5.74) is 0.932. The average Bonchev–Trinajstić information content (AvgIpc) is 2.50. The summed E-state index contributed by atoms with van der Waals surface area (Å²) in [6.45, 7) is 2.58. The van der Waals surface area contributed by atoms with Gasteiger partial charge >= 0.3 is 0 Å². The molecule has 1 rings (SSSR count). The molecule has 0 saturated heterocycles. The molecule has 0 aliphatic heterocycles. The van der Waals surface area contributed by atoms with Crippen LogP contribution in [0.1, 0.15) is 18.9 Å². The maximum absolute atomic E-state index is 11.7. The standard InChI is InChI=1S/C14H23N3O3S/c1-11(15-2)10-17-14(18)9-6-12-4-7-13(8-5-12)21(19,20)16-3/h4-5,7-8,11,15-16H,6,9-10H2,1-3H3,(H,17,18). The molecule has 0 heterocycles. The third-order valence-electron chi connectivity index (χ3n) is 3.24. The Morgan fingerprint density at radius 2 is 1.81 bits per heavy atom. The summed E-state index contributed by atoms with van der Waals surface area (Å²) < 4.78 is 25.4. The highest BCUT2D eigenvalue weighted by atomic mass is 32.2. The Morgan fingerprint density at radius 1 is 1.19 bits per heavy atom. The van der Waals surface area contributed by atoms with E-state index < -0.39 is 10.0 Å². The maximum atomic E-state index is 11.7. The van der Waals surface area contributed by atoms with E-state index in [0.29, 0.717) is 19.4 Å². The molecule has 1 aromatic carbocycles. The molecule has 1 amide bonds. The van der Waals surface area contributed by atoms with Gasteiger partial charge in [0, 0.05) is 19.0 Å². The van der Waals surface area contributed by atoms with Gasteiger partial charge in [-0.15, -0.1) is 0 Å². The minimum Gasteiger partial charge on any atom is -0.355 e. The summed E-state index contributed by atoms with van der Waals surface area (Å²) in [7, 11) is -0.184. The Hall–Kier alpha value is -1.44. The highest BCUT2D eigenvalue weighted by Gasteiger charge is 2.10. The van der Waals surface area contributed by atoms with Crippen LogP contribution in [0.5, 0.6) is 0 Å². The fourth-order valence-electron chi connectivity index (χ4n) is 1.67. The van der Waals surface area contributed by atoms with E-state index in [1.165, 1.54) is 7.05 Å². The van der Waals surface area contributed by atoms with Crippen LogP contribution in [0.3, 0.4) is 0 Å². The van der Waals surface area contributed by atoms with Crippen molar-refractivity contribution in [3.05, 3.63) is 29.8 Å². The van der Waals surface area contributed by atoms with Gasteiger partial charge in [0.2, 0.25) is 15.9 Å².